The van der Waals surface area contributed by atoms with Crippen LogP contribution in [0.3, 0.4) is 0 Å². The maximum absolute atomic E-state index is 12.8. The number of rotatable bonds is 46. The smallest absolute Gasteiger partial charge is 0.306 e. The molecule has 0 aromatic heterocycles. The van der Waals surface area contributed by atoms with E-state index in [2.05, 4.69) is 81.5 Å². The predicted molar refractivity (Wildman–Crippen MR) is 261 cm³/mol. The molecule has 352 valence electrons. The molecule has 61 heavy (non-hydrogen) atoms. The van der Waals surface area contributed by atoms with E-state index in [1.165, 1.54) is 135 Å². The van der Waals surface area contributed by atoms with Gasteiger partial charge >= 0.3 is 17.9 Å². The van der Waals surface area contributed by atoms with Crippen LogP contribution >= 0.6 is 0 Å². The number of ether oxygens (including phenoxy) is 3. The molecule has 0 N–H and O–H groups in total. The molecule has 0 rings (SSSR count). The Labute approximate surface area is 377 Å². The molecule has 1 atom stereocenters. The third-order valence-electron chi connectivity index (χ3n) is 11.0. The fraction of sp³-hybridized carbons (Fsp3) is 0.764. The highest BCUT2D eigenvalue weighted by Crippen LogP contribution is 2.14. The van der Waals surface area contributed by atoms with E-state index in [4.69, 9.17) is 14.2 Å². The lowest BCUT2D eigenvalue weighted by molar-refractivity contribution is -0.167. The molecule has 0 amide bonds. The Morgan fingerprint density at radius 2 is 0.590 bits per heavy atom. The van der Waals surface area contributed by atoms with Crippen molar-refractivity contribution in [2.45, 2.75) is 258 Å². The summed E-state index contributed by atoms with van der Waals surface area (Å²) in [5.41, 5.74) is 0. The second kappa shape index (κ2) is 49.8. The standard InChI is InChI=1S/C55H96O6/c1-4-7-10-13-16-19-22-25-27-30-33-36-39-42-45-48-54(57)60-51-52(50-59-53(56)47-44-41-38-35-32-29-24-21-18-15-12-9-6-3)61-55(58)49-46-43-40-37-34-31-28-26-23-20-17-14-11-8-5-2/h17,19-22,24,26,28,34,37,52H,4-16,18,23,25,27,29-33,35-36,38-51H2,1-3H3/b20-17-,22-19-,24-21-,28-26-,37-34-/t52-/m0/s1. The molecule has 6 nitrogen and oxygen atoms in total. The average molecular weight is 853 g/mol. The van der Waals surface area contributed by atoms with Crippen LogP contribution in [-0.2, 0) is 28.6 Å². The topological polar surface area (TPSA) is 78.9 Å². The Balaban J connectivity index is 4.46. The van der Waals surface area contributed by atoms with Gasteiger partial charge in [-0.05, 0) is 109 Å². The molecule has 0 saturated heterocycles. The number of carbonyl (C=O) groups is 3. The van der Waals surface area contributed by atoms with E-state index in [9.17, 15) is 14.4 Å². The van der Waals surface area contributed by atoms with Gasteiger partial charge in [0.2, 0.25) is 0 Å². The molecule has 0 aromatic rings. The first kappa shape index (κ1) is 58.1. The van der Waals surface area contributed by atoms with Gasteiger partial charge in [0, 0.05) is 19.3 Å². The lowest BCUT2D eigenvalue weighted by atomic mass is 10.1. The third-order valence-corrected chi connectivity index (χ3v) is 11.0. The summed E-state index contributed by atoms with van der Waals surface area (Å²) in [5.74, 6) is -0.943. The predicted octanol–water partition coefficient (Wildman–Crippen LogP) is 16.9. The maximum atomic E-state index is 12.8. The number of hydrogen-bond donors (Lipinski definition) is 0. The lowest BCUT2D eigenvalue weighted by Gasteiger charge is -2.18. The normalized spacial score (nSPS) is 12.5. The molecular weight excluding hydrogens is 757 g/mol. The zero-order valence-electron chi connectivity index (χ0n) is 40.2. The zero-order chi connectivity index (χ0) is 44.4. The van der Waals surface area contributed by atoms with Crippen LogP contribution in [0.1, 0.15) is 252 Å². The van der Waals surface area contributed by atoms with Gasteiger partial charge in [0.25, 0.3) is 0 Å². The summed E-state index contributed by atoms with van der Waals surface area (Å²) >= 11 is 0. The third kappa shape index (κ3) is 48.0. The first-order chi connectivity index (χ1) is 30.0. The largest absolute Gasteiger partial charge is 0.462 e. The Bertz CT molecular complexity index is 1120. The van der Waals surface area contributed by atoms with Crippen molar-refractivity contribution in [3.05, 3.63) is 60.8 Å². The molecule has 0 aliphatic heterocycles. The van der Waals surface area contributed by atoms with Crippen molar-refractivity contribution in [2.75, 3.05) is 13.2 Å². The van der Waals surface area contributed by atoms with Gasteiger partial charge in [-0.2, -0.15) is 0 Å². The lowest BCUT2D eigenvalue weighted by Crippen LogP contribution is -2.30. The number of carbonyl (C=O) groups excluding carboxylic acids is 3. The summed E-state index contributed by atoms with van der Waals surface area (Å²) in [5, 5.41) is 0. The van der Waals surface area contributed by atoms with E-state index >= 15 is 0 Å². The van der Waals surface area contributed by atoms with Crippen molar-refractivity contribution >= 4 is 17.9 Å². The quantitative estimate of drug-likeness (QED) is 0.0263. The van der Waals surface area contributed by atoms with Gasteiger partial charge in [-0.15, -0.1) is 0 Å². The Morgan fingerprint density at radius 3 is 1.00 bits per heavy atom. The average Bonchev–Trinajstić information content (AvgIpc) is 3.26. The van der Waals surface area contributed by atoms with Crippen molar-refractivity contribution in [2.24, 2.45) is 0 Å². The highest BCUT2D eigenvalue weighted by molar-refractivity contribution is 5.71. The molecular formula is C55H96O6. The maximum Gasteiger partial charge on any atom is 0.306 e. The van der Waals surface area contributed by atoms with Crippen LogP contribution in [-0.4, -0.2) is 37.2 Å². The summed E-state index contributed by atoms with van der Waals surface area (Å²) in [7, 11) is 0. The molecule has 0 bridgehead atoms. The number of esters is 3. The number of allylic oxidation sites excluding steroid dienone is 10. The van der Waals surface area contributed by atoms with E-state index in [0.717, 1.165) is 70.6 Å². The van der Waals surface area contributed by atoms with Crippen molar-refractivity contribution < 1.29 is 28.6 Å². The molecule has 0 saturated carbocycles. The minimum absolute atomic E-state index is 0.0941. The molecule has 0 heterocycles. The van der Waals surface area contributed by atoms with E-state index in [1.807, 2.05) is 0 Å². The zero-order valence-corrected chi connectivity index (χ0v) is 40.2. The summed E-state index contributed by atoms with van der Waals surface area (Å²) in [6.07, 6.45) is 60.6. The summed E-state index contributed by atoms with van der Waals surface area (Å²) in [4.78, 5) is 37.9. The van der Waals surface area contributed by atoms with Crippen LogP contribution in [0, 0.1) is 0 Å². The molecule has 0 unspecified atom stereocenters. The van der Waals surface area contributed by atoms with Gasteiger partial charge in [-0.25, -0.2) is 0 Å². The molecule has 0 aliphatic carbocycles. The molecule has 0 aliphatic rings. The summed E-state index contributed by atoms with van der Waals surface area (Å²) < 4.78 is 16.7. The summed E-state index contributed by atoms with van der Waals surface area (Å²) in [6.45, 7) is 6.54. The van der Waals surface area contributed by atoms with Crippen LogP contribution in [0.5, 0.6) is 0 Å². The van der Waals surface area contributed by atoms with Crippen LogP contribution in [0.4, 0.5) is 0 Å². The van der Waals surface area contributed by atoms with Crippen LogP contribution in [0.15, 0.2) is 60.8 Å². The van der Waals surface area contributed by atoms with Gasteiger partial charge < -0.3 is 14.2 Å². The van der Waals surface area contributed by atoms with Gasteiger partial charge in [-0.3, -0.25) is 14.4 Å². The minimum atomic E-state index is -0.797. The first-order valence-electron chi connectivity index (χ1n) is 25.8. The van der Waals surface area contributed by atoms with Gasteiger partial charge in [-0.1, -0.05) is 184 Å². The van der Waals surface area contributed by atoms with E-state index < -0.39 is 6.10 Å². The molecule has 0 fully saturated rings. The Kier molecular flexibility index (Phi) is 47.4. The summed E-state index contributed by atoms with van der Waals surface area (Å²) in [6, 6.07) is 0. The van der Waals surface area contributed by atoms with Crippen molar-refractivity contribution in [1.29, 1.82) is 0 Å². The number of hydrogen-bond acceptors (Lipinski definition) is 6. The van der Waals surface area contributed by atoms with E-state index in [1.54, 1.807) is 0 Å². The highest BCUT2D eigenvalue weighted by Gasteiger charge is 2.19. The highest BCUT2D eigenvalue weighted by atomic mass is 16.6. The van der Waals surface area contributed by atoms with Crippen LogP contribution in [0.25, 0.3) is 0 Å². The van der Waals surface area contributed by atoms with E-state index in [-0.39, 0.29) is 37.5 Å². The number of unbranched alkanes of at least 4 members (excludes halogenated alkanes) is 25. The monoisotopic (exact) mass is 853 g/mol. The van der Waals surface area contributed by atoms with Crippen molar-refractivity contribution in [1.82, 2.24) is 0 Å². The van der Waals surface area contributed by atoms with Gasteiger partial charge in [0.15, 0.2) is 6.10 Å². The second-order valence-electron chi connectivity index (χ2n) is 17.1. The van der Waals surface area contributed by atoms with Crippen molar-refractivity contribution in [3.63, 3.8) is 0 Å². The SMILES string of the molecule is CCCCC/C=C\C/C=C\C/C=C\CCCCC(=O)O[C@@H](COC(=O)CCCCCCC/C=C\CCCCCC)COC(=O)CCCCCCCCC/C=C\CCCCCC. The molecule has 0 spiro atoms. The Hall–Kier alpha value is -2.89. The molecule has 6 heteroatoms. The van der Waals surface area contributed by atoms with Gasteiger partial charge in [0.05, 0.1) is 0 Å². The van der Waals surface area contributed by atoms with E-state index in [0.29, 0.717) is 19.3 Å². The minimum Gasteiger partial charge on any atom is -0.462 e. The van der Waals surface area contributed by atoms with Gasteiger partial charge in [0.1, 0.15) is 13.2 Å². The van der Waals surface area contributed by atoms with Crippen LogP contribution < -0.4 is 0 Å². The molecule has 0 aromatic carbocycles. The molecule has 0 radical (unpaired) electrons. The first-order valence-corrected chi connectivity index (χ1v) is 25.8. The fourth-order valence-corrected chi connectivity index (χ4v) is 7.03. The van der Waals surface area contributed by atoms with Crippen LogP contribution in [0.2, 0.25) is 0 Å². The van der Waals surface area contributed by atoms with Crippen molar-refractivity contribution in [3.8, 4) is 0 Å². The second-order valence-corrected chi connectivity index (χ2v) is 17.1. The fourth-order valence-electron chi connectivity index (χ4n) is 7.03. The Morgan fingerprint density at radius 1 is 0.328 bits per heavy atom.